The summed E-state index contributed by atoms with van der Waals surface area (Å²) in [5.74, 6) is 0.388. The van der Waals surface area contributed by atoms with Crippen molar-refractivity contribution < 1.29 is 12.9 Å². The summed E-state index contributed by atoms with van der Waals surface area (Å²) in [5.41, 5.74) is 1.83. The quantitative estimate of drug-likeness (QED) is 0.787. The van der Waals surface area contributed by atoms with E-state index in [-0.39, 0.29) is 17.0 Å². The molecular weight excluding hydrogens is 276 g/mol. The lowest BCUT2D eigenvalue weighted by Gasteiger charge is -2.34. The van der Waals surface area contributed by atoms with Gasteiger partial charge in [0.2, 0.25) is 10.0 Å². The minimum atomic E-state index is -3.50. The van der Waals surface area contributed by atoms with Crippen LogP contribution in [0.3, 0.4) is 0 Å². The predicted molar refractivity (Wildman–Crippen MR) is 74.8 cm³/mol. The van der Waals surface area contributed by atoms with E-state index >= 15 is 0 Å². The van der Waals surface area contributed by atoms with E-state index in [0.717, 1.165) is 25.7 Å². The molecule has 0 radical (unpaired) electrons. The van der Waals surface area contributed by atoms with Crippen molar-refractivity contribution >= 4 is 10.0 Å². The van der Waals surface area contributed by atoms with Gasteiger partial charge < -0.3 is 4.52 Å². The largest absolute Gasteiger partial charge is 0.360 e. The lowest BCUT2D eigenvalue weighted by Crippen LogP contribution is -2.44. The molecule has 5 nitrogen and oxygen atoms in total. The van der Waals surface area contributed by atoms with Crippen molar-refractivity contribution in [2.75, 3.05) is 0 Å². The average molecular weight is 296 g/mol. The fraction of sp³-hybridized carbons (Fsp3) is 0.643. The van der Waals surface area contributed by atoms with Gasteiger partial charge in [-0.3, -0.25) is 0 Å². The Morgan fingerprint density at radius 2 is 1.85 bits per heavy atom. The first-order valence-corrected chi connectivity index (χ1v) is 8.49. The Hall–Kier alpha value is -1.14. The number of rotatable bonds is 2. The van der Waals surface area contributed by atoms with Gasteiger partial charge >= 0.3 is 0 Å². The molecule has 2 unspecified atom stereocenters. The minimum absolute atomic E-state index is 0.0960. The minimum Gasteiger partial charge on any atom is -0.360 e. The molecule has 0 aromatic carbocycles. The lowest BCUT2D eigenvalue weighted by atomic mass is 9.99. The lowest BCUT2D eigenvalue weighted by molar-refractivity contribution is 0.284. The maximum atomic E-state index is 13.0. The zero-order valence-corrected chi connectivity index (χ0v) is 12.9. The monoisotopic (exact) mass is 296 g/mol. The molecule has 1 aromatic rings. The summed E-state index contributed by atoms with van der Waals surface area (Å²) in [6.07, 6.45) is 5.74. The number of aryl methyl sites for hydroxylation is 2. The third kappa shape index (κ3) is 1.93. The van der Waals surface area contributed by atoms with Gasteiger partial charge in [0.15, 0.2) is 5.76 Å². The molecule has 0 spiro atoms. The molecule has 2 atom stereocenters. The third-order valence-electron chi connectivity index (χ3n) is 4.46. The van der Waals surface area contributed by atoms with E-state index in [1.54, 1.807) is 18.2 Å². The molecule has 110 valence electrons. The highest BCUT2D eigenvalue weighted by molar-refractivity contribution is 7.89. The molecule has 0 amide bonds. The SMILES string of the molecule is CC=C1CC2CCC(C1)N2S(=O)(=O)c1c(C)noc1C. The fourth-order valence-electron chi connectivity index (χ4n) is 3.59. The van der Waals surface area contributed by atoms with Crippen LogP contribution in [0, 0.1) is 13.8 Å². The Morgan fingerprint density at radius 1 is 1.25 bits per heavy atom. The molecule has 0 N–H and O–H groups in total. The van der Waals surface area contributed by atoms with Gasteiger partial charge in [-0.15, -0.1) is 0 Å². The summed E-state index contributed by atoms with van der Waals surface area (Å²) in [7, 11) is -3.50. The van der Waals surface area contributed by atoms with Gasteiger partial charge in [-0.2, -0.15) is 4.31 Å². The van der Waals surface area contributed by atoms with Crippen LogP contribution in [0.15, 0.2) is 21.1 Å². The summed E-state index contributed by atoms with van der Waals surface area (Å²) >= 11 is 0. The topological polar surface area (TPSA) is 63.4 Å². The second kappa shape index (κ2) is 4.70. The number of piperidine rings is 1. The van der Waals surface area contributed by atoms with E-state index in [4.69, 9.17) is 4.52 Å². The highest BCUT2D eigenvalue weighted by atomic mass is 32.2. The molecule has 3 rings (SSSR count). The van der Waals surface area contributed by atoms with Gasteiger partial charge in [0, 0.05) is 12.1 Å². The standard InChI is InChI=1S/C14H20N2O3S/c1-4-11-7-12-5-6-13(8-11)16(12)20(17,18)14-9(2)15-19-10(14)3/h4,12-13H,5-8H2,1-3H3. The molecular formula is C14H20N2O3S. The van der Waals surface area contributed by atoms with E-state index in [2.05, 4.69) is 11.2 Å². The summed E-state index contributed by atoms with van der Waals surface area (Å²) in [6, 6.07) is 0.192. The summed E-state index contributed by atoms with van der Waals surface area (Å²) in [4.78, 5) is 0.262. The van der Waals surface area contributed by atoms with Crippen LogP contribution in [0.25, 0.3) is 0 Å². The first-order valence-electron chi connectivity index (χ1n) is 7.05. The molecule has 2 saturated heterocycles. The average Bonchev–Trinajstić information content (AvgIpc) is 2.88. The summed E-state index contributed by atoms with van der Waals surface area (Å²) in [5, 5.41) is 3.79. The predicted octanol–water partition coefficient (Wildman–Crippen LogP) is 2.55. The number of hydrogen-bond donors (Lipinski definition) is 0. The number of aromatic nitrogens is 1. The Balaban J connectivity index is 2.02. The Morgan fingerprint density at radius 3 is 2.30 bits per heavy atom. The van der Waals surface area contributed by atoms with Gasteiger partial charge in [0.1, 0.15) is 10.6 Å². The van der Waals surface area contributed by atoms with E-state index in [1.165, 1.54) is 5.57 Å². The second-order valence-corrected chi connectivity index (χ2v) is 7.51. The van der Waals surface area contributed by atoms with Crippen LogP contribution in [0.5, 0.6) is 0 Å². The maximum absolute atomic E-state index is 13.0. The number of allylic oxidation sites excluding steroid dienone is 1. The van der Waals surface area contributed by atoms with Crippen molar-refractivity contribution in [2.45, 2.75) is 63.4 Å². The van der Waals surface area contributed by atoms with Crippen LogP contribution < -0.4 is 0 Å². The molecule has 2 fully saturated rings. The third-order valence-corrected chi connectivity index (χ3v) is 6.71. The van der Waals surface area contributed by atoms with Crippen LogP contribution in [-0.2, 0) is 10.0 Å². The Kier molecular flexibility index (Phi) is 3.25. The Bertz CT molecular complexity index is 624. The smallest absolute Gasteiger partial charge is 0.249 e. The van der Waals surface area contributed by atoms with E-state index in [0.29, 0.717) is 11.5 Å². The van der Waals surface area contributed by atoms with Crippen molar-refractivity contribution in [3.8, 4) is 0 Å². The zero-order chi connectivity index (χ0) is 14.5. The van der Waals surface area contributed by atoms with Crippen molar-refractivity contribution in [1.82, 2.24) is 9.46 Å². The molecule has 0 aliphatic carbocycles. The van der Waals surface area contributed by atoms with Gasteiger partial charge in [0.25, 0.3) is 0 Å². The van der Waals surface area contributed by atoms with Crippen LogP contribution in [0.4, 0.5) is 0 Å². The summed E-state index contributed by atoms with van der Waals surface area (Å²) < 4.78 is 32.7. The van der Waals surface area contributed by atoms with E-state index in [1.807, 2.05) is 6.92 Å². The fourth-order valence-corrected chi connectivity index (χ4v) is 5.75. The molecule has 20 heavy (non-hydrogen) atoms. The first-order chi connectivity index (χ1) is 9.45. The zero-order valence-electron chi connectivity index (χ0n) is 12.1. The van der Waals surface area contributed by atoms with Crippen molar-refractivity contribution in [2.24, 2.45) is 0 Å². The van der Waals surface area contributed by atoms with Crippen molar-refractivity contribution in [3.63, 3.8) is 0 Å². The van der Waals surface area contributed by atoms with Crippen molar-refractivity contribution in [3.05, 3.63) is 23.1 Å². The van der Waals surface area contributed by atoms with Crippen LogP contribution in [-0.4, -0.2) is 30.0 Å². The van der Waals surface area contributed by atoms with Gasteiger partial charge in [-0.25, -0.2) is 8.42 Å². The van der Waals surface area contributed by atoms with Crippen LogP contribution >= 0.6 is 0 Å². The number of hydrogen-bond acceptors (Lipinski definition) is 4. The summed E-state index contributed by atoms with van der Waals surface area (Å²) in [6.45, 7) is 5.38. The van der Waals surface area contributed by atoms with Gasteiger partial charge in [-0.1, -0.05) is 16.8 Å². The normalized spacial score (nSPS) is 27.1. The molecule has 3 heterocycles. The molecule has 2 aliphatic rings. The first kappa shape index (κ1) is 13.8. The highest BCUT2D eigenvalue weighted by Crippen LogP contribution is 2.42. The Labute approximate surface area is 119 Å². The van der Waals surface area contributed by atoms with Gasteiger partial charge in [-0.05, 0) is 46.5 Å². The van der Waals surface area contributed by atoms with Crippen molar-refractivity contribution in [1.29, 1.82) is 0 Å². The second-order valence-electron chi connectivity index (χ2n) is 5.73. The number of sulfonamides is 1. The van der Waals surface area contributed by atoms with Crippen LogP contribution in [0.2, 0.25) is 0 Å². The van der Waals surface area contributed by atoms with E-state index < -0.39 is 10.0 Å². The number of fused-ring (bicyclic) bond motifs is 2. The van der Waals surface area contributed by atoms with Crippen LogP contribution in [0.1, 0.15) is 44.1 Å². The van der Waals surface area contributed by atoms with E-state index in [9.17, 15) is 8.42 Å². The molecule has 6 heteroatoms. The molecule has 2 aliphatic heterocycles. The molecule has 1 aromatic heterocycles. The van der Waals surface area contributed by atoms with Gasteiger partial charge in [0.05, 0.1) is 0 Å². The molecule has 0 saturated carbocycles. The highest BCUT2D eigenvalue weighted by Gasteiger charge is 2.47. The number of nitrogens with zero attached hydrogens (tertiary/aromatic N) is 2. The maximum Gasteiger partial charge on any atom is 0.249 e. The molecule has 2 bridgehead atoms.